The number of aromatic nitrogens is 2. The van der Waals surface area contributed by atoms with E-state index < -0.39 is 11.6 Å². The van der Waals surface area contributed by atoms with Crippen molar-refractivity contribution in [3.8, 4) is 0 Å². The molecule has 6 heteroatoms. The molecule has 3 rings (SSSR count). The van der Waals surface area contributed by atoms with Gasteiger partial charge in [0.05, 0.1) is 11.4 Å². The van der Waals surface area contributed by atoms with Crippen LogP contribution in [0, 0.1) is 11.6 Å². The first-order valence-corrected chi connectivity index (χ1v) is 7.40. The Morgan fingerprint density at radius 1 is 1.44 bits per heavy atom. The number of halogens is 3. The molecule has 1 unspecified atom stereocenters. The Balaban J connectivity index is 2.28. The normalized spacial score (nSPS) is 19.8. The van der Waals surface area contributed by atoms with Gasteiger partial charge in [0, 0.05) is 11.8 Å². The maximum absolute atomic E-state index is 14.0. The number of alkyl halides is 1. The third kappa shape index (κ3) is 1.80. The minimum atomic E-state index is -0.838. The zero-order valence-electron chi connectivity index (χ0n) is 9.50. The number of nitrogens with zero attached hydrogens (tertiary/aromatic N) is 2. The van der Waals surface area contributed by atoms with Crippen LogP contribution in [0.3, 0.4) is 0 Å². The summed E-state index contributed by atoms with van der Waals surface area (Å²) < 4.78 is 29.1. The van der Waals surface area contributed by atoms with Gasteiger partial charge in [-0.25, -0.2) is 13.8 Å². The summed E-state index contributed by atoms with van der Waals surface area (Å²) >= 11 is 7.68. The highest BCUT2D eigenvalue weighted by Gasteiger charge is 2.25. The average Bonchev–Trinajstić information content (AvgIpc) is 2.99. The lowest BCUT2D eigenvalue weighted by Gasteiger charge is -2.15. The van der Waals surface area contributed by atoms with Gasteiger partial charge >= 0.3 is 0 Å². The molecule has 1 aliphatic rings. The van der Waals surface area contributed by atoms with E-state index in [2.05, 4.69) is 4.98 Å². The molecule has 2 heterocycles. The molecule has 1 aromatic heterocycles. The van der Waals surface area contributed by atoms with Crippen molar-refractivity contribution in [1.29, 1.82) is 0 Å². The van der Waals surface area contributed by atoms with Gasteiger partial charge in [0.15, 0.2) is 11.6 Å². The van der Waals surface area contributed by atoms with Crippen LogP contribution in [0.25, 0.3) is 11.0 Å². The molecule has 0 saturated carbocycles. The Hall–Kier alpha value is -0.810. The second-order valence-corrected chi connectivity index (χ2v) is 5.70. The average molecular weight is 289 g/mol. The first-order chi connectivity index (χ1) is 8.72. The molecule has 2 nitrogen and oxygen atoms in total. The number of thioether (sulfide) groups is 1. The highest BCUT2D eigenvalue weighted by atomic mass is 35.5. The smallest absolute Gasteiger partial charge is 0.184 e. The summed E-state index contributed by atoms with van der Waals surface area (Å²) in [6.07, 6.45) is 0.940. The summed E-state index contributed by atoms with van der Waals surface area (Å²) in [4.78, 5) is 4.29. The van der Waals surface area contributed by atoms with Gasteiger partial charge in [-0.2, -0.15) is 11.8 Å². The Morgan fingerprint density at radius 2 is 2.28 bits per heavy atom. The molecule has 1 atom stereocenters. The van der Waals surface area contributed by atoms with Gasteiger partial charge in [0.2, 0.25) is 0 Å². The minimum absolute atomic E-state index is 0.157. The fourth-order valence-electron chi connectivity index (χ4n) is 2.38. The molecule has 0 amide bonds. The van der Waals surface area contributed by atoms with E-state index in [-0.39, 0.29) is 17.4 Å². The monoisotopic (exact) mass is 288 g/mol. The predicted molar refractivity (Wildman–Crippen MR) is 70.2 cm³/mol. The van der Waals surface area contributed by atoms with Crippen LogP contribution >= 0.6 is 23.4 Å². The van der Waals surface area contributed by atoms with Crippen LogP contribution in [0.5, 0.6) is 0 Å². The minimum Gasteiger partial charge on any atom is -0.320 e. The molecule has 1 aliphatic heterocycles. The van der Waals surface area contributed by atoms with Crippen LogP contribution in [0.2, 0.25) is 0 Å². The quantitative estimate of drug-likeness (QED) is 0.784. The molecular formula is C12H11ClF2N2S. The van der Waals surface area contributed by atoms with Gasteiger partial charge in [-0.15, -0.1) is 11.6 Å². The number of benzene rings is 1. The van der Waals surface area contributed by atoms with E-state index in [0.29, 0.717) is 11.3 Å². The summed E-state index contributed by atoms with van der Waals surface area (Å²) in [5.41, 5.74) is 0.722. The third-order valence-electron chi connectivity index (χ3n) is 3.21. The zero-order chi connectivity index (χ0) is 12.7. The molecular weight excluding hydrogens is 278 g/mol. The number of imidazole rings is 1. The summed E-state index contributed by atoms with van der Waals surface area (Å²) in [5, 5.41) is 0. The fraction of sp³-hybridized carbons (Fsp3) is 0.417. The van der Waals surface area contributed by atoms with E-state index in [4.69, 9.17) is 11.6 Å². The molecule has 1 saturated heterocycles. The Labute approximate surface area is 112 Å². The number of rotatable bonds is 2. The molecule has 0 N–H and O–H groups in total. The number of fused-ring (bicyclic) bond motifs is 1. The molecule has 18 heavy (non-hydrogen) atoms. The Bertz CT molecular complexity index is 593. The fourth-order valence-corrected chi connectivity index (χ4v) is 3.77. The van der Waals surface area contributed by atoms with Crippen molar-refractivity contribution in [2.75, 3.05) is 11.5 Å². The first-order valence-electron chi connectivity index (χ1n) is 5.71. The molecule has 1 fully saturated rings. The number of hydrogen-bond donors (Lipinski definition) is 0. The van der Waals surface area contributed by atoms with E-state index in [1.165, 1.54) is 6.07 Å². The lowest BCUT2D eigenvalue weighted by Crippen LogP contribution is -2.11. The van der Waals surface area contributed by atoms with Crippen LogP contribution in [-0.4, -0.2) is 21.1 Å². The zero-order valence-corrected chi connectivity index (χ0v) is 11.1. The first kappa shape index (κ1) is 12.2. The molecule has 1 aromatic carbocycles. The highest BCUT2D eigenvalue weighted by Crippen LogP contribution is 2.34. The van der Waals surface area contributed by atoms with Gasteiger partial charge in [-0.05, 0) is 24.3 Å². The molecule has 0 aliphatic carbocycles. The SMILES string of the molecule is Fc1ccc2nc(CCl)n(C3CCSC3)c2c1F. The lowest BCUT2D eigenvalue weighted by molar-refractivity contribution is 0.499. The molecule has 0 radical (unpaired) electrons. The van der Waals surface area contributed by atoms with Crippen molar-refractivity contribution >= 4 is 34.4 Å². The molecule has 0 spiro atoms. The predicted octanol–water partition coefficient (Wildman–Crippen LogP) is 3.73. The summed E-state index contributed by atoms with van der Waals surface area (Å²) in [7, 11) is 0. The van der Waals surface area contributed by atoms with Crippen LogP contribution in [0.1, 0.15) is 18.3 Å². The van der Waals surface area contributed by atoms with Crippen molar-refractivity contribution in [2.24, 2.45) is 0 Å². The van der Waals surface area contributed by atoms with E-state index in [1.54, 1.807) is 4.57 Å². The van der Waals surface area contributed by atoms with Crippen molar-refractivity contribution in [2.45, 2.75) is 18.3 Å². The van der Waals surface area contributed by atoms with Crippen LogP contribution < -0.4 is 0 Å². The largest absolute Gasteiger partial charge is 0.320 e. The van der Waals surface area contributed by atoms with E-state index in [0.717, 1.165) is 24.0 Å². The lowest BCUT2D eigenvalue weighted by atomic mass is 10.2. The Morgan fingerprint density at radius 3 is 2.94 bits per heavy atom. The third-order valence-corrected chi connectivity index (χ3v) is 4.59. The summed E-state index contributed by atoms with van der Waals surface area (Å²) in [6, 6.07) is 2.77. The topological polar surface area (TPSA) is 17.8 Å². The van der Waals surface area contributed by atoms with Gasteiger partial charge < -0.3 is 4.57 Å². The van der Waals surface area contributed by atoms with E-state index >= 15 is 0 Å². The van der Waals surface area contributed by atoms with Crippen molar-refractivity contribution in [3.63, 3.8) is 0 Å². The van der Waals surface area contributed by atoms with Gasteiger partial charge in [0.25, 0.3) is 0 Å². The van der Waals surface area contributed by atoms with Crippen LogP contribution in [0.15, 0.2) is 12.1 Å². The van der Waals surface area contributed by atoms with Crippen LogP contribution in [0.4, 0.5) is 8.78 Å². The highest BCUT2D eigenvalue weighted by molar-refractivity contribution is 7.99. The Kier molecular flexibility index (Phi) is 3.20. The maximum Gasteiger partial charge on any atom is 0.184 e. The van der Waals surface area contributed by atoms with Crippen molar-refractivity contribution in [3.05, 3.63) is 29.6 Å². The summed E-state index contributed by atoms with van der Waals surface area (Å²) in [5.74, 6) is 1.08. The van der Waals surface area contributed by atoms with E-state index in [1.807, 2.05) is 11.8 Å². The van der Waals surface area contributed by atoms with E-state index in [9.17, 15) is 8.78 Å². The van der Waals surface area contributed by atoms with Crippen molar-refractivity contribution in [1.82, 2.24) is 9.55 Å². The molecule has 0 bridgehead atoms. The maximum atomic E-state index is 14.0. The van der Waals surface area contributed by atoms with Crippen LogP contribution in [-0.2, 0) is 5.88 Å². The standard InChI is InChI=1S/C12H11ClF2N2S/c13-5-10-16-9-2-1-8(14)11(15)12(9)17(10)7-3-4-18-6-7/h1-2,7H,3-6H2. The summed E-state index contributed by atoms with van der Waals surface area (Å²) in [6.45, 7) is 0. The molecule has 96 valence electrons. The van der Waals surface area contributed by atoms with Gasteiger partial charge in [0.1, 0.15) is 11.3 Å². The molecule has 2 aromatic rings. The van der Waals surface area contributed by atoms with Crippen molar-refractivity contribution < 1.29 is 8.78 Å². The second kappa shape index (κ2) is 4.70. The second-order valence-electron chi connectivity index (χ2n) is 4.28. The van der Waals surface area contributed by atoms with Gasteiger partial charge in [-0.3, -0.25) is 0 Å². The number of hydrogen-bond acceptors (Lipinski definition) is 2. The van der Waals surface area contributed by atoms with Gasteiger partial charge in [-0.1, -0.05) is 0 Å².